The standard InChI is InChI=1S/C22H23FN4OS/c1-16-2-8-20(9-3-16)29-15-18-14-21(28)25-22(24-18)27-12-10-26(11-13-27)19-6-4-17(23)5-7-19/h2-9,14H,10-13,15H2,1H3,(H,24,25,28). The Hall–Kier alpha value is -2.80. The number of nitrogens with zero attached hydrogens (tertiary/aromatic N) is 3. The summed E-state index contributed by atoms with van der Waals surface area (Å²) in [6, 6.07) is 16.5. The van der Waals surface area contributed by atoms with Crippen LogP contribution < -0.4 is 15.4 Å². The van der Waals surface area contributed by atoms with Gasteiger partial charge in [0.15, 0.2) is 0 Å². The molecule has 3 aromatic rings. The Labute approximate surface area is 173 Å². The topological polar surface area (TPSA) is 52.2 Å². The van der Waals surface area contributed by atoms with Gasteiger partial charge in [0.25, 0.3) is 5.56 Å². The second kappa shape index (κ2) is 8.69. The van der Waals surface area contributed by atoms with E-state index in [1.54, 1.807) is 30.0 Å². The van der Waals surface area contributed by atoms with Gasteiger partial charge >= 0.3 is 0 Å². The molecule has 1 aromatic heterocycles. The molecule has 7 heteroatoms. The number of piperazine rings is 1. The summed E-state index contributed by atoms with van der Waals surface area (Å²) in [5, 5.41) is 0. The summed E-state index contributed by atoms with van der Waals surface area (Å²) in [6.45, 7) is 5.13. The number of aryl methyl sites for hydroxylation is 1. The van der Waals surface area contributed by atoms with Crippen molar-refractivity contribution >= 4 is 23.4 Å². The fourth-order valence-electron chi connectivity index (χ4n) is 3.34. The van der Waals surface area contributed by atoms with Crippen LogP contribution in [0, 0.1) is 12.7 Å². The highest BCUT2D eigenvalue weighted by molar-refractivity contribution is 7.98. The van der Waals surface area contributed by atoms with Crippen molar-refractivity contribution in [3.63, 3.8) is 0 Å². The number of benzene rings is 2. The Kier molecular flexibility index (Phi) is 5.85. The maximum Gasteiger partial charge on any atom is 0.252 e. The molecule has 0 bridgehead atoms. The molecule has 0 spiro atoms. The zero-order valence-electron chi connectivity index (χ0n) is 16.3. The van der Waals surface area contributed by atoms with Gasteiger partial charge < -0.3 is 9.80 Å². The lowest BCUT2D eigenvalue weighted by atomic mass is 10.2. The summed E-state index contributed by atoms with van der Waals surface area (Å²) in [6.07, 6.45) is 0. The predicted molar refractivity (Wildman–Crippen MR) is 116 cm³/mol. The molecule has 1 N–H and O–H groups in total. The van der Waals surface area contributed by atoms with Gasteiger partial charge in [0, 0.05) is 48.6 Å². The van der Waals surface area contributed by atoms with Crippen molar-refractivity contribution < 1.29 is 4.39 Å². The number of hydrogen-bond acceptors (Lipinski definition) is 5. The molecule has 2 heterocycles. The van der Waals surface area contributed by atoms with Gasteiger partial charge in [0.05, 0.1) is 5.69 Å². The Bertz CT molecular complexity index is 1010. The highest BCUT2D eigenvalue weighted by atomic mass is 32.2. The van der Waals surface area contributed by atoms with Crippen LogP contribution in [0.4, 0.5) is 16.0 Å². The normalized spacial score (nSPS) is 14.3. The van der Waals surface area contributed by atoms with E-state index in [0.29, 0.717) is 11.7 Å². The van der Waals surface area contributed by atoms with Crippen LogP contribution in [0.3, 0.4) is 0 Å². The Morgan fingerprint density at radius 2 is 1.66 bits per heavy atom. The van der Waals surface area contributed by atoms with Crippen LogP contribution in [0.25, 0.3) is 0 Å². The molecule has 0 aliphatic carbocycles. The van der Waals surface area contributed by atoms with Crippen LogP contribution in [-0.4, -0.2) is 36.1 Å². The quantitative estimate of drug-likeness (QED) is 0.648. The van der Waals surface area contributed by atoms with Gasteiger partial charge in [-0.15, -0.1) is 11.8 Å². The third-order valence-electron chi connectivity index (χ3n) is 4.96. The fraction of sp³-hybridized carbons (Fsp3) is 0.273. The van der Waals surface area contributed by atoms with Gasteiger partial charge in [0.2, 0.25) is 5.95 Å². The largest absolute Gasteiger partial charge is 0.368 e. The van der Waals surface area contributed by atoms with Crippen molar-refractivity contribution in [2.45, 2.75) is 17.6 Å². The molecule has 0 unspecified atom stereocenters. The smallest absolute Gasteiger partial charge is 0.252 e. The summed E-state index contributed by atoms with van der Waals surface area (Å²) in [5.74, 6) is 1.04. The van der Waals surface area contributed by atoms with Crippen LogP contribution in [0.15, 0.2) is 64.3 Å². The van der Waals surface area contributed by atoms with Crippen molar-refractivity contribution in [3.05, 3.63) is 82.0 Å². The number of anilines is 2. The number of halogens is 1. The summed E-state index contributed by atoms with van der Waals surface area (Å²) in [5.41, 5.74) is 2.88. The third-order valence-corrected chi connectivity index (χ3v) is 6.01. The molecule has 2 aromatic carbocycles. The first-order valence-electron chi connectivity index (χ1n) is 9.62. The van der Waals surface area contributed by atoms with Gasteiger partial charge in [0.1, 0.15) is 5.82 Å². The minimum atomic E-state index is -0.227. The Balaban J connectivity index is 1.40. The van der Waals surface area contributed by atoms with E-state index in [0.717, 1.165) is 42.5 Å². The maximum atomic E-state index is 13.1. The highest BCUT2D eigenvalue weighted by Gasteiger charge is 2.19. The van der Waals surface area contributed by atoms with E-state index in [4.69, 9.17) is 0 Å². The molecule has 0 saturated carbocycles. The second-order valence-corrected chi connectivity index (χ2v) is 8.16. The van der Waals surface area contributed by atoms with Crippen molar-refractivity contribution in [2.24, 2.45) is 0 Å². The molecule has 1 aliphatic heterocycles. The van der Waals surface area contributed by atoms with Crippen LogP contribution >= 0.6 is 11.8 Å². The molecule has 5 nitrogen and oxygen atoms in total. The van der Waals surface area contributed by atoms with Gasteiger partial charge in [-0.2, -0.15) is 0 Å². The number of aromatic amines is 1. The minimum absolute atomic E-state index is 0.129. The first-order valence-corrected chi connectivity index (χ1v) is 10.6. The molecule has 1 fully saturated rings. The molecule has 0 radical (unpaired) electrons. The van der Waals surface area contributed by atoms with Crippen molar-refractivity contribution in [2.75, 3.05) is 36.0 Å². The molecule has 150 valence electrons. The van der Waals surface area contributed by atoms with Crippen molar-refractivity contribution in [1.29, 1.82) is 0 Å². The number of rotatable bonds is 5. The van der Waals surface area contributed by atoms with Gasteiger partial charge in [-0.3, -0.25) is 9.78 Å². The molecule has 0 amide bonds. The maximum absolute atomic E-state index is 13.1. The van der Waals surface area contributed by atoms with E-state index in [1.165, 1.54) is 17.7 Å². The van der Waals surface area contributed by atoms with E-state index in [1.807, 2.05) is 0 Å². The molecular formula is C22H23FN4OS. The van der Waals surface area contributed by atoms with Crippen LogP contribution in [0.5, 0.6) is 0 Å². The Morgan fingerprint density at radius 3 is 2.34 bits per heavy atom. The van der Waals surface area contributed by atoms with Crippen molar-refractivity contribution in [1.82, 2.24) is 9.97 Å². The number of nitrogens with one attached hydrogen (secondary N) is 1. The number of thioether (sulfide) groups is 1. The highest BCUT2D eigenvalue weighted by Crippen LogP contribution is 2.23. The van der Waals surface area contributed by atoms with Crippen molar-refractivity contribution in [3.8, 4) is 0 Å². The summed E-state index contributed by atoms with van der Waals surface area (Å²) < 4.78 is 13.1. The SMILES string of the molecule is Cc1ccc(SCc2cc(=O)[nH]c(N3CCN(c4ccc(F)cc4)CC3)n2)cc1. The lowest BCUT2D eigenvalue weighted by molar-refractivity contribution is 0.622. The number of hydrogen-bond donors (Lipinski definition) is 1. The number of H-pyrrole nitrogens is 1. The van der Waals surface area contributed by atoms with Crippen LogP contribution in [0.2, 0.25) is 0 Å². The molecule has 1 aliphatic rings. The first kappa shape index (κ1) is 19.5. The van der Waals surface area contributed by atoms with Crippen LogP contribution in [-0.2, 0) is 5.75 Å². The zero-order chi connectivity index (χ0) is 20.2. The van der Waals surface area contributed by atoms with E-state index in [9.17, 15) is 9.18 Å². The minimum Gasteiger partial charge on any atom is -0.368 e. The zero-order valence-corrected chi connectivity index (χ0v) is 17.1. The van der Waals surface area contributed by atoms with Gasteiger partial charge in [-0.05, 0) is 43.3 Å². The average Bonchev–Trinajstić information content (AvgIpc) is 2.74. The summed E-state index contributed by atoms with van der Waals surface area (Å²) in [4.78, 5) is 25.2. The average molecular weight is 411 g/mol. The number of aromatic nitrogens is 2. The lowest BCUT2D eigenvalue weighted by Gasteiger charge is -2.36. The van der Waals surface area contributed by atoms with Crippen LogP contribution in [0.1, 0.15) is 11.3 Å². The van der Waals surface area contributed by atoms with E-state index >= 15 is 0 Å². The van der Waals surface area contributed by atoms with E-state index < -0.39 is 0 Å². The molecule has 4 rings (SSSR count). The Morgan fingerprint density at radius 1 is 1.00 bits per heavy atom. The second-order valence-electron chi connectivity index (χ2n) is 7.11. The third kappa shape index (κ3) is 4.98. The van der Waals surface area contributed by atoms with E-state index in [-0.39, 0.29) is 11.4 Å². The van der Waals surface area contributed by atoms with Gasteiger partial charge in [-0.25, -0.2) is 9.37 Å². The summed E-state index contributed by atoms with van der Waals surface area (Å²) >= 11 is 1.67. The fourth-order valence-corrected chi connectivity index (χ4v) is 4.13. The molecule has 29 heavy (non-hydrogen) atoms. The predicted octanol–water partition coefficient (Wildman–Crippen LogP) is 3.84. The monoisotopic (exact) mass is 410 g/mol. The van der Waals surface area contributed by atoms with E-state index in [2.05, 4.69) is 51.0 Å². The lowest BCUT2D eigenvalue weighted by Crippen LogP contribution is -2.47. The first-order chi connectivity index (χ1) is 14.1. The molecule has 0 atom stereocenters. The van der Waals surface area contributed by atoms with Gasteiger partial charge in [-0.1, -0.05) is 17.7 Å². The molecular weight excluding hydrogens is 387 g/mol. The summed E-state index contributed by atoms with van der Waals surface area (Å²) in [7, 11) is 0. The molecule has 1 saturated heterocycles.